The molecule has 0 aromatic carbocycles. The Kier molecular flexibility index (Phi) is 2.62. The molecule has 3 nitrogen and oxygen atoms in total. The van der Waals surface area contributed by atoms with Crippen molar-refractivity contribution in [3.8, 4) is 0 Å². The molecule has 1 aromatic rings. The third kappa shape index (κ3) is 2.27. The first-order valence-electron chi connectivity index (χ1n) is 4.44. The van der Waals surface area contributed by atoms with Crippen LogP contribution in [0.15, 0.2) is 11.7 Å². The monoisotopic (exact) mass is 198 g/mol. The van der Waals surface area contributed by atoms with Crippen molar-refractivity contribution < 1.29 is 4.74 Å². The van der Waals surface area contributed by atoms with Gasteiger partial charge in [0.25, 0.3) is 0 Å². The minimum atomic E-state index is 0.366. The van der Waals surface area contributed by atoms with Crippen LogP contribution in [0.5, 0.6) is 0 Å². The van der Waals surface area contributed by atoms with Gasteiger partial charge in [0.2, 0.25) is 0 Å². The van der Waals surface area contributed by atoms with Crippen molar-refractivity contribution in [2.45, 2.75) is 13.5 Å². The van der Waals surface area contributed by atoms with E-state index >= 15 is 0 Å². The topological polar surface area (TPSA) is 34.2 Å². The molecule has 1 aliphatic heterocycles. The van der Waals surface area contributed by atoms with E-state index in [1.807, 2.05) is 11.7 Å². The molecular formula is C9H14N2OS. The molecule has 72 valence electrons. The Morgan fingerprint density at radius 1 is 1.69 bits per heavy atom. The fraction of sp³-hybridized carbons (Fsp3) is 0.667. The highest BCUT2D eigenvalue weighted by Crippen LogP contribution is 2.25. The second-order valence-electron chi connectivity index (χ2n) is 3.87. The van der Waals surface area contributed by atoms with Crippen molar-refractivity contribution in [3.63, 3.8) is 0 Å². The molecule has 1 saturated heterocycles. The van der Waals surface area contributed by atoms with Crippen LogP contribution in [0.2, 0.25) is 0 Å². The van der Waals surface area contributed by atoms with Crippen LogP contribution in [0.4, 0.5) is 0 Å². The minimum Gasteiger partial charge on any atom is -0.380 e. The van der Waals surface area contributed by atoms with Crippen LogP contribution in [0.3, 0.4) is 0 Å². The summed E-state index contributed by atoms with van der Waals surface area (Å²) in [6, 6.07) is 0. The van der Waals surface area contributed by atoms with Gasteiger partial charge in [-0.25, -0.2) is 0 Å². The zero-order valence-corrected chi connectivity index (χ0v) is 8.56. The Morgan fingerprint density at radius 3 is 3.08 bits per heavy atom. The highest BCUT2D eigenvalue weighted by atomic mass is 32.1. The number of thiazole rings is 1. The molecule has 1 aliphatic rings. The highest BCUT2D eigenvalue weighted by molar-refractivity contribution is 7.09. The number of nitrogens with one attached hydrogen (secondary N) is 1. The summed E-state index contributed by atoms with van der Waals surface area (Å²) in [7, 11) is 0. The Balaban J connectivity index is 1.69. The second-order valence-corrected chi connectivity index (χ2v) is 4.85. The predicted octanol–water partition coefficient (Wildman–Crippen LogP) is 1.27. The molecule has 4 heteroatoms. The number of ether oxygens (including phenoxy) is 1. The van der Waals surface area contributed by atoms with Gasteiger partial charge in [0.1, 0.15) is 0 Å². The maximum atomic E-state index is 5.18. The molecule has 13 heavy (non-hydrogen) atoms. The summed E-state index contributed by atoms with van der Waals surface area (Å²) in [6.45, 7) is 5.99. The molecular weight excluding hydrogens is 184 g/mol. The van der Waals surface area contributed by atoms with Gasteiger partial charge in [-0.3, -0.25) is 4.98 Å². The lowest BCUT2D eigenvalue weighted by Crippen LogP contribution is -2.47. The lowest BCUT2D eigenvalue weighted by molar-refractivity contribution is -0.0991. The molecule has 2 heterocycles. The van der Waals surface area contributed by atoms with Gasteiger partial charge in [-0.2, -0.15) is 0 Å². The van der Waals surface area contributed by atoms with Crippen LogP contribution < -0.4 is 5.32 Å². The van der Waals surface area contributed by atoms with Gasteiger partial charge in [-0.1, -0.05) is 6.92 Å². The van der Waals surface area contributed by atoms with E-state index in [0.717, 1.165) is 26.3 Å². The van der Waals surface area contributed by atoms with E-state index in [1.54, 1.807) is 11.3 Å². The van der Waals surface area contributed by atoms with Crippen molar-refractivity contribution in [3.05, 3.63) is 16.6 Å². The van der Waals surface area contributed by atoms with Crippen LogP contribution in [0.1, 0.15) is 11.8 Å². The predicted molar refractivity (Wildman–Crippen MR) is 52.7 cm³/mol. The van der Waals surface area contributed by atoms with Crippen LogP contribution in [-0.4, -0.2) is 24.7 Å². The summed E-state index contributed by atoms with van der Waals surface area (Å²) >= 11 is 1.69. The Bertz CT molecular complexity index is 257. The SMILES string of the molecule is CC1(CNCc2cncs2)COC1. The third-order valence-corrected chi connectivity index (χ3v) is 3.02. The lowest BCUT2D eigenvalue weighted by atomic mass is 9.89. The van der Waals surface area contributed by atoms with Crippen molar-refractivity contribution in [2.24, 2.45) is 5.41 Å². The molecule has 0 atom stereocenters. The summed E-state index contributed by atoms with van der Waals surface area (Å²) in [6.07, 6.45) is 1.91. The summed E-state index contributed by atoms with van der Waals surface area (Å²) in [5.41, 5.74) is 2.23. The Hall–Kier alpha value is -0.450. The number of hydrogen-bond acceptors (Lipinski definition) is 4. The van der Waals surface area contributed by atoms with E-state index in [2.05, 4.69) is 17.2 Å². The number of rotatable bonds is 4. The molecule has 0 saturated carbocycles. The zero-order chi connectivity index (χ0) is 9.15. The van der Waals surface area contributed by atoms with E-state index in [4.69, 9.17) is 4.74 Å². The van der Waals surface area contributed by atoms with Gasteiger partial charge in [-0.05, 0) is 0 Å². The quantitative estimate of drug-likeness (QED) is 0.791. The lowest BCUT2D eigenvalue weighted by Gasteiger charge is -2.38. The highest BCUT2D eigenvalue weighted by Gasteiger charge is 2.32. The second kappa shape index (κ2) is 3.74. The van der Waals surface area contributed by atoms with E-state index < -0.39 is 0 Å². The molecule has 0 aliphatic carbocycles. The molecule has 1 fully saturated rings. The zero-order valence-electron chi connectivity index (χ0n) is 7.75. The van der Waals surface area contributed by atoms with Gasteiger partial charge < -0.3 is 10.1 Å². The van der Waals surface area contributed by atoms with Crippen LogP contribution in [0, 0.1) is 5.41 Å². The summed E-state index contributed by atoms with van der Waals surface area (Å²) in [4.78, 5) is 5.32. The maximum absolute atomic E-state index is 5.18. The Morgan fingerprint density at radius 2 is 2.54 bits per heavy atom. The van der Waals surface area contributed by atoms with Crippen molar-refractivity contribution in [1.82, 2.24) is 10.3 Å². The van der Waals surface area contributed by atoms with Gasteiger partial charge in [0.15, 0.2) is 0 Å². The molecule has 0 unspecified atom stereocenters. The fourth-order valence-corrected chi connectivity index (χ4v) is 1.93. The van der Waals surface area contributed by atoms with Gasteiger partial charge in [0.05, 0.1) is 18.7 Å². The molecule has 0 amide bonds. The molecule has 1 aromatic heterocycles. The van der Waals surface area contributed by atoms with E-state index in [-0.39, 0.29) is 0 Å². The average Bonchev–Trinajstić information content (AvgIpc) is 2.54. The number of nitrogens with zero attached hydrogens (tertiary/aromatic N) is 1. The minimum absolute atomic E-state index is 0.366. The largest absolute Gasteiger partial charge is 0.380 e. The third-order valence-electron chi connectivity index (χ3n) is 2.24. The number of aromatic nitrogens is 1. The van der Waals surface area contributed by atoms with E-state index in [9.17, 15) is 0 Å². The van der Waals surface area contributed by atoms with Crippen LogP contribution in [0.25, 0.3) is 0 Å². The van der Waals surface area contributed by atoms with Crippen molar-refractivity contribution in [1.29, 1.82) is 0 Å². The molecule has 0 spiro atoms. The first-order valence-corrected chi connectivity index (χ1v) is 5.32. The van der Waals surface area contributed by atoms with Gasteiger partial charge in [-0.15, -0.1) is 11.3 Å². The van der Waals surface area contributed by atoms with E-state index in [0.29, 0.717) is 5.41 Å². The van der Waals surface area contributed by atoms with Crippen molar-refractivity contribution in [2.75, 3.05) is 19.8 Å². The molecule has 0 bridgehead atoms. The Labute approximate surface area is 82.1 Å². The standard InChI is InChI=1S/C9H14N2OS/c1-9(5-12-6-9)4-10-2-8-3-11-7-13-8/h3,7,10H,2,4-6H2,1H3. The summed E-state index contributed by atoms with van der Waals surface area (Å²) < 4.78 is 5.18. The fourth-order valence-electron chi connectivity index (χ4n) is 1.37. The van der Waals surface area contributed by atoms with Crippen molar-refractivity contribution >= 4 is 11.3 Å². The summed E-state index contributed by atoms with van der Waals surface area (Å²) in [5, 5.41) is 3.42. The first kappa shape index (κ1) is 9.12. The van der Waals surface area contributed by atoms with E-state index in [1.165, 1.54) is 4.88 Å². The molecule has 1 N–H and O–H groups in total. The summed E-state index contributed by atoms with van der Waals surface area (Å²) in [5.74, 6) is 0. The smallest absolute Gasteiger partial charge is 0.0794 e. The number of hydrogen-bond donors (Lipinski definition) is 1. The van der Waals surface area contributed by atoms with Crippen LogP contribution in [-0.2, 0) is 11.3 Å². The first-order chi connectivity index (χ1) is 6.29. The van der Waals surface area contributed by atoms with Gasteiger partial charge in [0, 0.05) is 29.6 Å². The molecule has 2 rings (SSSR count). The average molecular weight is 198 g/mol. The van der Waals surface area contributed by atoms with Crippen LogP contribution >= 0.6 is 11.3 Å². The maximum Gasteiger partial charge on any atom is 0.0794 e. The normalized spacial score (nSPS) is 19.8. The molecule has 0 radical (unpaired) electrons. The van der Waals surface area contributed by atoms with Gasteiger partial charge >= 0.3 is 0 Å².